The van der Waals surface area contributed by atoms with Gasteiger partial charge in [0.1, 0.15) is 17.6 Å². The van der Waals surface area contributed by atoms with Gasteiger partial charge in [0.05, 0.1) is 11.1 Å². The first-order valence-corrected chi connectivity index (χ1v) is 33.6. The Morgan fingerprint density at radius 3 is 1.45 bits per heavy atom. The van der Waals surface area contributed by atoms with E-state index in [-0.39, 0.29) is 71.7 Å². The van der Waals surface area contributed by atoms with Crippen molar-refractivity contribution in [2.45, 2.75) is 175 Å². The second-order valence-corrected chi connectivity index (χ2v) is 29.2. The number of benzene rings is 2. The SMILES string of the molecule is CC1(C)[C@H]2C[C@H](C/C=C\CCCC(=O)O)[C@@H](NC(=O)c3cccc4ccsc34)[C@@H]1C2.CC1(C)[C@H]2C[C@H](C/C=C\CCCC(=O)O)[C@@H](NC(=O)c3ccsc3)[C@@H]1C2.CC1(C)[C@H]2C[C@H](C/C=C\CCCC(=O)O)[C@@H](NC(=O)c3coc4ccc(O)cc34)[C@@H]1C2. The molecule has 0 saturated heterocycles. The van der Waals surface area contributed by atoms with Gasteiger partial charge in [-0.1, -0.05) is 90.1 Å². The van der Waals surface area contributed by atoms with E-state index in [4.69, 9.17) is 19.7 Å². The zero-order valence-electron chi connectivity index (χ0n) is 51.5. The molecule has 9 saturated carbocycles. The molecule has 87 heavy (non-hydrogen) atoms. The molecule has 0 radical (unpaired) electrons. The summed E-state index contributed by atoms with van der Waals surface area (Å²) in [5, 5.41) is 53.7. The quantitative estimate of drug-likeness (QED) is 0.0227. The molecular formula is C71H91N3O11S2. The zero-order valence-corrected chi connectivity index (χ0v) is 53.1. The molecule has 14 rings (SSSR count). The normalized spacial score (nSPS) is 27.6. The fourth-order valence-corrected chi connectivity index (χ4v) is 17.4. The summed E-state index contributed by atoms with van der Waals surface area (Å²) in [4.78, 5) is 70.9. The number of phenolic OH excluding ortho intramolecular Hbond substituents is 1. The molecule has 9 fully saturated rings. The van der Waals surface area contributed by atoms with Crippen molar-refractivity contribution in [1.82, 2.24) is 16.0 Å². The molecule has 468 valence electrons. The average molecular weight is 1230 g/mol. The number of amides is 3. The second-order valence-electron chi connectivity index (χ2n) is 27.5. The molecule has 0 aliphatic heterocycles. The van der Waals surface area contributed by atoms with Crippen molar-refractivity contribution in [3.63, 3.8) is 0 Å². The van der Waals surface area contributed by atoms with Crippen molar-refractivity contribution >= 4 is 79.4 Å². The van der Waals surface area contributed by atoms with Gasteiger partial charge in [0.25, 0.3) is 17.7 Å². The number of thiophene rings is 2. The molecular weight excluding hydrogens is 1130 g/mol. The second kappa shape index (κ2) is 28.3. The highest BCUT2D eigenvalue weighted by atomic mass is 32.1. The Balaban J connectivity index is 0.000000156. The van der Waals surface area contributed by atoms with Gasteiger partial charge in [0.2, 0.25) is 0 Å². The number of allylic oxidation sites excluding steroid dienone is 6. The first-order valence-electron chi connectivity index (χ1n) is 31.8. The third-order valence-corrected chi connectivity index (χ3v) is 23.2. The number of hydrogen-bond donors (Lipinski definition) is 7. The highest BCUT2D eigenvalue weighted by Crippen LogP contribution is 2.63. The van der Waals surface area contributed by atoms with Crippen LogP contribution in [0.3, 0.4) is 0 Å². The summed E-state index contributed by atoms with van der Waals surface area (Å²) in [5.41, 5.74) is 3.39. The maximum Gasteiger partial charge on any atom is 0.303 e. The number of phenols is 1. The largest absolute Gasteiger partial charge is 0.508 e. The van der Waals surface area contributed by atoms with Gasteiger partial charge in [-0.2, -0.15) is 11.3 Å². The number of unbranched alkanes of at least 4 members (excludes halogenated alkanes) is 3. The number of fused-ring (bicyclic) bond motifs is 8. The molecule has 3 amide bonds. The summed E-state index contributed by atoms with van der Waals surface area (Å²) in [7, 11) is 0. The number of nitrogens with one attached hydrogen (secondary N) is 3. The van der Waals surface area contributed by atoms with E-state index in [0.29, 0.717) is 82.6 Å². The minimum absolute atomic E-state index is 0.0460. The number of carboxylic acids is 3. The molecule has 2 aromatic carbocycles. The van der Waals surface area contributed by atoms with E-state index in [1.807, 2.05) is 34.3 Å². The van der Waals surface area contributed by atoms with Crippen molar-refractivity contribution in [2.24, 2.45) is 69.5 Å². The lowest BCUT2D eigenvalue weighted by atomic mass is 9.44. The van der Waals surface area contributed by atoms with Crippen LogP contribution in [0.5, 0.6) is 5.75 Å². The minimum Gasteiger partial charge on any atom is -0.508 e. The summed E-state index contributed by atoms with van der Waals surface area (Å²) < 4.78 is 6.57. The van der Waals surface area contributed by atoms with E-state index < -0.39 is 17.9 Å². The van der Waals surface area contributed by atoms with E-state index in [1.165, 1.54) is 19.1 Å². The van der Waals surface area contributed by atoms with Crippen LogP contribution >= 0.6 is 22.7 Å². The molecule has 0 unspecified atom stereocenters. The topological polar surface area (TPSA) is 233 Å². The first kappa shape index (κ1) is 64.9. The van der Waals surface area contributed by atoms with Crippen LogP contribution in [0.2, 0.25) is 0 Å². The summed E-state index contributed by atoms with van der Waals surface area (Å²) in [5.74, 6) is 2.79. The summed E-state index contributed by atoms with van der Waals surface area (Å²) in [6.07, 6.45) is 29.1. The predicted octanol–water partition coefficient (Wildman–Crippen LogP) is 15.7. The van der Waals surface area contributed by atoms with Crippen molar-refractivity contribution in [1.29, 1.82) is 0 Å². The van der Waals surface area contributed by atoms with Crippen LogP contribution in [-0.2, 0) is 14.4 Å². The van der Waals surface area contributed by atoms with Gasteiger partial charge in [-0.15, -0.1) is 11.3 Å². The first-order chi connectivity index (χ1) is 41.5. The van der Waals surface area contributed by atoms with Gasteiger partial charge < -0.3 is 40.8 Å². The summed E-state index contributed by atoms with van der Waals surface area (Å²) in [6, 6.07) is 15.2. The number of aromatic hydroxyl groups is 1. The average Bonchev–Trinajstić information content (AvgIpc) is 1.30. The fourth-order valence-electron chi connectivity index (χ4n) is 15.8. The zero-order chi connectivity index (χ0) is 62.2. The number of carbonyl (C=O) groups is 6. The molecule has 9 aliphatic rings. The van der Waals surface area contributed by atoms with E-state index in [9.17, 15) is 33.9 Å². The van der Waals surface area contributed by atoms with Gasteiger partial charge in [0.15, 0.2) is 0 Å². The lowest BCUT2D eigenvalue weighted by Crippen LogP contribution is -2.63. The third-order valence-electron chi connectivity index (χ3n) is 21.5. The highest BCUT2D eigenvalue weighted by molar-refractivity contribution is 7.17. The molecule has 14 nitrogen and oxygen atoms in total. The van der Waals surface area contributed by atoms with E-state index in [0.717, 1.165) is 97.3 Å². The van der Waals surface area contributed by atoms with Crippen molar-refractivity contribution < 1.29 is 53.6 Å². The Morgan fingerprint density at radius 1 is 0.552 bits per heavy atom. The Labute approximate surface area is 520 Å². The standard InChI is InChI=1S/C25H31NO5.C25H31NO3S.C21H29NO3S/c1-25(2)16-11-15(7-5-3-4-6-8-22(28)29)23(20(25)12-16)26-24(30)19-14-31-21-10-9-17(27)13-18(19)21;1-25(2)18-14-17(8-5-3-4-6-11-21(27)28)22(20(25)15-18)26-24(29)19-10-7-9-16-12-13-30-23(16)19;1-21(2)16-11-14(7-5-3-4-6-8-18(23)24)19(17(21)12-16)22-20(25)15-9-10-26-13-15/h3,5,9-10,13-16,20,23,27H,4,6-8,11-12H2,1-2H3,(H,26,30)(H,28,29);3,5,7,9-10,12-13,17-18,20,22H,4,6,8,11,14-15H2,1-2H3,(H,26,29)(H,27,28);3,5,9-10,13-14,16-17,19H,4,6-8,11-12H2,1-2H3,(H,22,25)(H,23,24)/b3*5-3-/t15-,16-,20-,23+;17-,18-,20-,22+;14-,16-,17-,19+/m000/s1. The number of carboxylic acid groups (broad SMARTS) is 3. The van der Waals surface area contributed by atoms with E-state index in [1.54, 1.807) is 40.9 Å². The van der Waals surface area contributed by atoms with Gasteiger partial charge >= 0.3 is 17.9 Å². The van der Waals surface area contributed by atoms with Gasteiger partial charge in [-0.05, 0) is 218 Å². The third kappa shape index (κ3) is 15.1. The van der Waals surface area contributed by atoms with Gasteiger partial charge in [0, 0.05) is 58.4 Å². The maximum absolute atomic E-state index is 13.2. The molecule has 12 atom stereocenters. The van der Waals surface area contributed by atoms with Crippen LogP contribution in [0.1, 0.15) is 188 Å². The molecule has 0 spiro atoms. The van der Waals surface area contributed by atoms with Gasteiger partial charge in [-0.25, -0.2) is 0 Å². The molecule has 16 heteroatoms. The summed E-state index contributed by atoms with van der Waals surface area (Å²) >= 11 is 3.18. The van der Waals surface area contributed by atoms with Crippen molar-refractivity contribution in [2.75, 3.05) is 0 Å². The number of hydrogen-bond acceptors (Lipinski definition) is 10. The Morgan fingerprint density at radius 2 is 1.01 bits per heavy atom. The predicted molar refractivity (Wildman–Crippen MR) is 344 cm³/mol. The number of rotatable bonds is 24. The maximum atomic E-state index is 13.2. The van der Waals surface area contributed by atoms with Crippen LogP contribution in [0.4, 0.5) is 0 Å². The van der Waals surface area contributed by atoms with Crippen LogP contribution in [0.15, 0.2) is 112 Å². The van der Waals surface area contributed by atoms with E-state index >= 15 is 0 Å². The molecule has 7 N–H and O–H groups in total. The Bertz CT molecular complexity index is 3310. The van der Waals surface area contributed by atoms with Gasteiger partial charge in [-0.3, -0.25) is 28.8 Å². The van der Waals surface area contributed by atoms with Crippen LogP contribution in [-0.4, -0.2) is 74.2 Å². The smallest absolute Gasteiger partial charge is 0.303 e. The van der Waals surface area contributed by atoms with Crippen molar-refractivity contribution in [3.8, 4) is 5.75 Å². The number of furan rings is 1. The summed E-state index contributed by atoms with van der Waals surface area (Å²) in [6.45, 7) is 14.0. The van der Waals surface area contributed by atoms with Crippen LogP contribution in [0, 0.1) is 69.5 Å². The highest BCUT2D eigenvalue weighted by Gasteiger charge is 2.60. The molecule has 6 bridgehead atoms. The minimum atomic E-state index is -0.758. The van der Waals surface area contributed by atoms with Crippen molar-refractivity contribution in [3.05, 3.63) is 124 Å². The number of aliphatic carboxylic acids is 3. The molecule has 3 heterocycles. The molecule has 3 aromatic heterocycles. The Kier molecular flexibility index (Phi) is 21.1. The fraction of sp³-hybridized carbons (Fsp3) is 0.549. The Hall–Kier alpha value is -6.52. The van der Waals surface area contributed by atoms with E-state index in [2.05, 4.69) is 106 Å². The van der Waals surface area contributed by atoms with Crippen LogP contribution < -0.4 is 16.0 Å². The monoisotopic (exact) mass is 1230 g/mol. The number of carbonyl (C=O) groups excluding carboxylic acids is 3. The molecule has 9 aliphatic carbocycles. The lowest BCUT2D eigenvalue weighted by molar-refractivity contribution is -0.138. The van der Waals surface area contributed by atoms with Crippen LogP contribution in [0.25, 0.3) is 21.1 Å². The molecule has 5 aromatic rings. The lowest BCUT2D eigenvalue weighted by Gasteiger charge is -2.62.